The van der Waals surface area contributed by atoms with Gasteiger partial charge in [0.15, 0.2) is 0 Å². The Hall–Kier alpha value is -2.25. The van der Waals surface area contributed by atoms with Crippen LogP contribution in [-0.4, -0.2) is 21.3 Å². The molecule has 3 N–H and O–H groups in total. The highest BCUT2D eigenvalue weighted by Gasteiger charge is 2.31. The molecule has 20 heavy (non-hydrogen) atoms. The van der Waals surface area contributed by atoms with E-state index in [1.165, 1.54) is 12.1 Å². The zero-order valence-electron chi connectivity index (χ0n) is 10.4. The average Bonchev–Trinajstić information content (AvgIpc) is 2.78. The molecule has 5 nitrogen and oxygen atoms in total. The summed E-state index contributed by atoms with van der Waals surface area (Å²) in [5, 5.41) is 7.13. The van der Waals surface area contributed by atoms with Gasteiger partial charge < -0.3 is 11.1 Å². The zero-order chi connectivity index (χ0) is 14.3. The van der Waals surface area contributed by atoms with Gasteiger partial charge in [-0.1, -0.05) is 12.1 Å². The van der Waals surface area contributed by atoms with Gasteiger partial charge >= 0.3 is 6.18 Å². The van der Waals surface area contributed by atoms with E-state index in [9.17, 15) is 13.2 Å². The molecule has 1 aromatic heterocycles. The predicted octanol–water partition coefficient (Wildman–Crippen LogP) is 2.28. The van der Waals surface area contributed by atoms with Gasteiger partial charge in [-0.25, -0.2) is 4.68 Å². The van der Waals surface area contributed by atoms with E-state index >= 15 is 0 Å². The SMILES string of the molecule is Nc1nc2n(n1)C(c1ccc(C(F)(F)F)cc1)CCN2. The van der Waals surface area contributed by atoms with Gasteiger partial charge in [0.25, 0.3) is 0 Å². The van der Waals surface area contributed by atoms with Crippen molar-refractivity contribution in [2.75, 3.05) is 17.6 Å². The number of nitrogens with two attached hydrogens (primary N) is 1. The molecule has 0 spiro atoms. The molecule has 0 radical (unpaired) electrons. The molecular formula is C12H12F3N5. The van der Waals surface area contributed by atoms with Crippen LogP contribution in [0.25, 0.3) is 0 Å². The van der Waals surface area contributed by atoms with Crippen LogP contribution in [0.2, 0.25) is 0 Å². The molecule has 106 valence electrons. The average molecular weight is 283 g/mol. The predicted molar refractivity (Wildman–Crippen MR) is 67.1 cm³/mol. The number of nitrogen functional groups attached to an aromatic ring is 1. The lowest BCUT2D eigenvalue weighted by atomic mass is 10.0. The number of benzene rings is 1. The minimum Gasteiger partial charge on any atom is -0.366 e. The third-order valence-corrected chi connectivity index (χ3v) is 3.27. The van der Waals surface area contributed by atoms with E-state index in [1.807, 2.05) is 0 Å². The van der Waals surface area contributed by atoms with Crippen LogP contribution in [0.1, 0.15) is 23.6 Å². The number of nitrogens with one attached hydrogen (secondary N) is 1. The standard InChI is InChI=1S/C12H12F3N5/c13-12(14,15)8-3-1-7(2-4-8)9-5-6-17-11-18-10(16)19-20(9)11/h1-4,9H,5-6H2,(H3,16,17,18,19). The topological polar surface area (TPSA) is 68.8 Å². The molecule has 2 heterocycles. The van der Waals surface area contributed by atoms with Crippen molar-refractivity contribution in [3.05, 3.63) is 35.4 Å². The van der Waals surface area contributed by atoms with Gasteiger partial charge in [0, 0.05) is 6.54 Å². The monoisotopic (exact) mass is 283 g/mol. The van der Waals surface area contributed by atoms with Crippen molar-refractivity contribution in [3.8, 4) is 0 Å². The van der Waals surface area contributed by atoms with Crippen LogP contribution < -0.4 is 11.1 Å². The summed E-state index contributed by atoms with van der Waals surface area (Å²) in [5.74, 6) is 0.685. The van der Waals surface area contributed by atoms with Crippen LogP contribution in [0.3, 0.4) is 0 Å². The summed E-state index contributed by atoms with van der Waals surface area (Å²) in [4.78, 5) is 4.02. The molecule has 0 bridgehead atoms. The van der Waals surface area contributed by atoms with E-state index in [4.69, 9.17) is 5.73 Å². The Kier molecular flexibility index (Phi) is 2.81. The Morgan fingerprint density at radius 2 is 1.95 bits per heavy atom. The molecular weight excluding hydrogens is 271 g/mol. The lowest BCUT2D eigenvalue weighted by Gasteiger charge is -2.24. The lowest BCUT2D eigenvalue weighted by molar-refractivity contribution is -0.137. The number of hydrogen-bond acceptors (Lipinski definition) is 4. The lowest BCUT2D eigenvalue weighted by Crippen LogP contribution is -2.24. The quantitative estimate of drug-likeness (QED) is 0.842. The molecule has 0 aliphatic carbocycles. The Morgan fingerprint density at radius 3 is 2.60 bits per heavy atom. The number of alkyl halides is 3. The van der Waals surface area contributed by atoms with Crippen LogP contribution in [0.5, 0.6) is 0 Å². The maximum Gasteiger partial charge on any atom is 0.416 e. The highest BCUT2D eigenvalue weighted by molar-refractivity contribution is 5.37. The maximum atomic E-state index is 12.6. The smallest absolute Gasteiger partial charge is 0.366 e. The Balaban J connectivity index is 1.94. The van der Waals surface area contributed by atoms with Gasteiger partial charge in [-0.3, -0.25) is 0 Å². The number of halogens is 3. The molecule has 0 saturated carbocycles. The van der Waals surface area contributed by atoms with Gasteiger partial charge in [-0.15, -0.1) is 5.10 Å². The molecule has 0 fully saturated rings. The minimum absolute atomic E-state index is 0.145. The summed E-state index contributed by atoms with van der Waals surface area (Å²) in [7, 11) is 0. The fraction of sp³-hybridized carbons (Fsp3) is 0.333. The van der Waals surface area contributed by atoms with E-state index in [2.05, 4.69) is 15.4 Å². The second kappa shape index (κ2) is 4.39. The maximum absolute atomic E-state index is 12.6. The largest absolute Gasteiger partial charge is 0.416 e. The van der Waals surface area contributed by atoms with Crippen molar-refractivity contribution < 1.29 is 13.2 Å². The van der Waals surface area contributed by atoms with Crippen molar-refractivity contribution in [2.24, 2.45) is 0 Å². The van der Waals surface area contributed by atoms with Crippen molar-refractivity contribution in [3.63, 3.8) is 0 Å². The number of aromatic nitrogens is 3. The third kappa shape index (κ3) is 2.17. The first kappa shape index (κ1) is 12.8. The van der Waals surface area contributed by atoms with E-state index in [1.54, 1.807) is 4.68 Å². The molecule has 1 aliphatic rings. The Morgan fingerprint density at radius 1 is 1.25 bits per heavy atom. The highest BCUT2D eigenvalue weighted by atomic mass is 19.4. The van der Waals surface area contributed by atoms with Crippen LogP contribution in [0.15, 0.2) is 24.3 Å². The van der Waals surface area contributed by atoms with Crippen molar-refractivity contribution in [1.29, 1.82) is 0 Å². The van der Waals surface area contributed by atoms with Gasteiger partial charge in [-0.2, -0.15) is 18.2 Å². The summed E-state index contributed by atoms with van der Waals surface area (Å²) in [6, 6.07) is 4.95. The van der Waals surface area contributed by atoms with Crippen molar-refractivity contribution in [1.82, 2.24) is 14.8 Å². The summed E-state index contributed by atoms with van der Waals surface area (Å²) in [5.41, 5.74) is 5.64. The molecule has 0 amide bonds. The third-order valence-electron chi connectivity index (χ3n) is 3.27. The molecule has 2 aromatic rings. The molecule has 1 atom stereocenters. The second-order valence-corrected chi connectivity index (χ2v) is 4.59. The zero-order valence-corrected chi connectivity index (χ0v) is 10.4. The summed E-state index contributed by atoms with van der Waals surface area (Å²) in [6.45, 7) is 0.670. The summed E-state index contributed by atoms with van der Waals surface area (Å²) >= 11 is 0. The number of hydrogen-bond donors (Lipinski definition) is 2. The van der Waals surface area contributed by atoms with Gasteiger partial charge in [-0.05, 0) is 24.1 Å². The highest BCUT2D eigenvalue weighted by Crippen LogP contribution is 2.32. The molecule has 8 heteroatoms. The van der Waals surface area contributed by atoms with Crippen molar-refractivity contribution in [2.45, 2.75) is 18.6 Å². The fourth-order valence-corrected chi connectivity index (χ4v) is 2.32. The van der Waals surface area contributed by atoms with E-state index in [0.717, 1.165) is 17.7 Å². The molecule has 1 aliphatic heterocycles. The minimum atomic E-state index is -4.32. The van der Waals surface area contributed by atoms with Crippen LogP contribution in [0, 0.1) is 0 Å². The van der Waals surface area contributed by atoms with Crippen LogP contribution >= 0.6 is 0 Å². The molecule has 1 unspecified atom stereocenters. The summed E-state index contributed by atoms with van der Waals surface area (Å²) in [6.07, 6.45) is -3.61. The first-order valence-electron chi connectivity index (χ1n) is 6.08. The Labute approximate surface area is 112 Å². The normalized spacial score (nSPS) is 18.4. The van der Waals surface area contributed by atoms with Gasteiger partial charge in [0.1, 0.15) is 0 Å². The molecule has 3 rings (SSSR count). The molecule has 1 aromatic carbocycles. The first-order valence-corrected chi connectivity index (χ1v) is 6.08. The van der Waals surface area contributed by atoms with Gasteiger partial charge in [0.2, 0.25) is 11.9 Å². The fourth-order valence-electron chi connectivity index (χ4n) is 2.32. The number of nitrogens with zero attached hydrogens (tertiary/aromatic N) is 3. The second-order valence-electron chi connectivity index (χ2n) is 4.59. The Bertz CT molecular complexity index is 617. The van der Waals surface area contributed by atoms with E-state index in [-0.39, 0.29) is 12.0 Å². The summed E-state index contributed by atoms with van der Waals surface area (Å²) < 4.78 is 39.3. The number of fused-ring (bicyclic) bond motifs is 1. The van der Waals surface area contributed by atoms with Gasteiger partial charge in [0.05, 0.1) is 11.6 Å². The number of rotatable bonds is 1. The van der Waals surface area contributed by atoms with E-state index < -0.39 is 11.7 Å². The van der Waals surface area contributed by atoms with Crippen LogP contribution in [0.4, 0.5) is 25.1 Å². The number of anilines is 2. The van der Waals surface area contributed by atoms with E-state index in [0.29, 0.717) is 18.9 Å². The van der Waals surface area contributed by atoms with Crippen molar-refractivity contribution >= 4 is 11.9 Å². The van der Waals surface area contributed by atoms with Crippen LogP contribution in [-0.2, 0) is 6.18 Å². The molecule has 0 saturated heterocycles. The first-order chi connectivity index (χ1) is 9.45.